The molecule has 2 unspecified atom stereocenters. The van der Waals surface area contributed by atoms with Crippen LogP contribution in [0.4, 0.5) is 10.6 Å². The number of piperazine rings is 1. The summed E-state index contributed by atoms with van der Waals surface area (Å²) in [5, 5.41) is 12.2. The van der Waals surface area contributed by atoms with Crippen molar-refractivity contribution in [3.05, 3.63) is 59.3 Å². The van der Waals surface area contributed by atoms with E-state index in [4.69, 9.17) is 19.4 Å². The van der Waals surface area contributed by atoms with Crippen LogP contribution < -0.4 is 9.64 Å². The van der Waals surface area contributed by atoms with E-state index in [1.165, 1.54) is 22.8 Å². The number of nitrogens with zero attached hydrogens (tertiary/aromatic N) is 6. The number of carbonyl (C=O) groups excluding carboxylic acids is 1. The maximum Gasteiger partial charge on any atom is 0.410 e. The van der Waals surface area contributed by atoms with E-state index < -0.39 is 5.60 Å². The predicted molar refractivity (Wildman–Crippen MR) is 171 cm³/mol. The van der Waals surface area contributed by atoms with Gasteiger partial charge >= 0.3 is 12.1 Å². The van der Waals surface area contributed by atoms with Gasteiger partial charge in [0.05, 0.1) is 24.2 Å². The van der Waals surface area contributed by atoms with Gasteiger partial charge in [0.15, 0.2) is 0 Å². The summed E-state index contributed by atoms with van der Waals surface area (Å²) in [6, 6.07) is 18.0. The molecule has 9 nitrogen and oxygen atoms in total. The van der Waals surface area contributed by atoms with Crippen molar-refractivity contribution in [1.82, 2.24) is 19.8 Å². The number of likely N-dealkylation sites (tertiary alicyclic amines) is 1. The van der Waals surface area contributed by atoms with Crippen LogP contribution in [0.15, 0.2) is 42.5 Å². The molecule has 2 aliphatic heterocycles. The lowest BCUT2D eigenvalue weighted by molar-refractivity contribution is 0.0144. The fourth-order valence-corrected chi connectivity index (χ4v) is 7.02. The van der Waals surface area contributed by atoms with Crippen LogP contribution in [-0.2, 0) is 17.6 Å². The predicted octanol–water partition coefficient (Wildman–Crippen LogP) is 5.71. The third-order valence-corrected chi connectivity index (χ3v) is 9.31. The smallest absolute Gasteiger partial charge is 0.410 e. The van der Waals surface area contributed by atoms with Gasteiger partial charge in [-0.1, -0.05) is 42.5 Å². The number of likely N-dealkylation sites (N-methyl/N-ethyl adjacent to an activating group) is 1. The van der Waals surface area contributed by atoms with Gasteiger partial charge in [0, 0.05) is 31.2 Å². The minimum Gasteiger partial charge on any atom is -0.462 e. The van der Waals surface area contributed by atoms with E-state index in [0.29, 0.717) is 44.2 Å². The molecule has 1 aromatic heterocycles. The molecule has 3 aromatic rings. The van der Waals surface area contributed by atoms with E-state index in [-0.39, 0.29) is 18.6 Å². The molecule has 0 bridgehead atoms. The number of aromatic nitrogens is 2. The highest BCUT2D eigenvalue weighted by atomic mass is 16.6. The van der Waals surface area contributed by atoms with Gasteiger partial charge in [0.25, 0.3) is 0 Å². The van der Waals surface area contributed by atoms with Gasteiger partial charge in [-0.2, -0.15) is 15.2 Å². The second kappa shape index (κ2) is 12.6. The number of hydrogen-bond acceptors (Lipinski definition) is 8. The van der Waals surface area contributed by atoms with Gasteiger partial charge in [-0.05, 0) is 88.7 Å². The van der Waals surface area contributed by atoms with E-state index in [2.05, 4.69) is 65.4 Å². The van der Waals surface area contributed by atoms with Crippen LogP contribution in [0.5, 0.6) is 6.01 Å². The van der Waals surface area contributed by atoms with Crippen molar-refractivity contribution in [3.63, 3.8) is 0 Å². The van der Waals surface area contributed by atoms with Gasteiger partial charge in [-0.25, -0.2) is 4.79 Å². The molecule has 0 radical (unpaired) electrons. The average Bonchev–Trinajstić information content (AvgIpc) is 3.42. The van der Waals surface area contributed by atoms with Crippen molar-refractivity contribution >= 4 is 22.7 Å². The third kappa shape index (κ3) is 6.46. The molecule has 2 aromatic carbocycles. The van der Waals surface area contributed by atoms with E-state index >= 15 is 0 Å². The second-order valence-electron chi connectivity index (χ2n) is 13.5. The lowest BCUT2D eigenvalue weighted by Gasteiger charge is -2.42. The van der Waals surface area contributed by atoms with Crippen molar-refractivity contribution in [2.75, 3.05) is 44.7 Å². The van der Waals surface area contributed by atoms with Gasteiger partial charge in [0.2, 0.25) is 0 Å². The van der Waals surface area contributed by atoms with Gasteiger partial charge in [-0.15, -0.1) is 0 Å². The van der Waals surface area contributed by atoms with Gasteiger partial charge < -0.3 is 24.2 Å². The zero-order chi connectivity index (χ0) is 30.8. The molecule has 2 saturated heterocycles. The fourth-order valence-electron chi connectivity index (χ4n) is 7.02. The largest absolute Gasteiger partial charge is 0.462 e. The molecule has 3 heterocycles. The molecule has 232 valence electrons. The standard InChI is InChI=1S/C35H44N6O3/c1-35(2,3)44-34(42)41-20-19-40(22-26(41)16-17-36)32-30-15-14-25(29-13-7-10-24-9-5-6-12-28(24)29)21-31(30)37-33(38-32)43-23-27-11-8-18-39(27)4/h5-7,9-10,12-13,25-27H,8,11,14-16,18-23H2,1-4H3/t25?,26?,27-/m0/s1. The minimum absolute atomic E-state index is 0.226. The molecule has 6 rings (SSSR count). The Hall–Kier alpha value is -3.90. The number of nitriles is 1. The molecule has 9 heteroatoms. The highest BCUT2D eigenvalue weighted by molar-refractivity contribution is 5.86. The molecule has 3 aliphatic rings. The van der Waals surface area contributed by atoms with Crippen molar-refractivity contribution in [1.29, 1.82) is 5.26 Å². The molecule has 1 amide bonds. The highest BCUT2D eigenvalue weighted by Crippen LogP contribution is 2.39. The average molecular weight is 597 g/mol. The van der Waals surface area contributed by atoms with Gasteiger partial charge in [0.1, 0.15) is 18.0 Å². The summed E-state index contributed by atoms with van der Waals surface area (Å²) in [5.41, 5.74) is 2.97. The van der Waals surface area contributed by atoms with Gasteiger partial charge in [-0.3, -0.25) is 0 Å². The fraction of sp³-hybridized carbons (Fsp3) is 0.543. The topological polar surface area (TPSA) is 94.8 Å². The summed E-state index contributed by atoms with van der Waals surface area (Å²) in [6.45, 7) is 8.81. The molecule has 1 aliphatic carbocycles. The van der Waals surface area contributed by atoms with Crippen molar-refractivity contribution in [2.45, 2.75) is 82.9 Å². The normalized spacial score (nSPS) is 22.5. The van der Waals surface area contributed by atoms with E-state index in [9.17, 15) is 10.1 Å². The van der Waals surface area contributed by atoms with Crippen LogP contribution in [0.2, 0.25) is 0 Å². The van der Waals surface area contributed by atoms with Crippen LogP contribution in [0, 0.1) is 11.3 Å². The quantitative estimate of drug-likeness (QED) is 0.357. The SMILES string of the molecule is CN1CCC[C@H]1COc1nc2c(c(N3CCN(C(=O)OC(C)(C)C)C(CC#N)C3)n1)CCC(c1cccc3ccccc13)C2. The summed E-state index contributed by atoms with van der Waals surface area (Å²) in [7, 11) is 2.15. The Morgan fingerprint density at radius 1 is 1.05 bits per heavy atom. The van der Waals surface area contributed by atoms with Crippen molar-refractivity contribution < 1.29 is 14.3 Å². The van der Waals surface area contributed by atoms with E-state index in [1.54, 1.807) is 4.90 Å². The maximum atomic E-state index is 13.1. The first-order chi connectivity index (χ1) is 21.2. The molecular weight excluding hydrogens is 552 g/mol. The number of rotatable bonds is 6. The summed E-state index contributed by atoms with van der Waals surface area (Å²) in [4.78, 5) is 29.4. The van der Waals surface area contributed by atoms with Crippen LogP contribution in [0.25, 0.3) is 10.8 Å². The molecule has 0 saturated carbocycles. The first-order valence-corrected chi connectivity index (χ1v) is 16.0. The van der Waals surface area contributed by atoms with E-state index in [1.807, 2.05) is 20.8 Å². The Balaban J connectivity index is 1.30. The molecule has 44 heavy (non-hydrogen) atoms. The van der Waals surface area contributed by atoms with Crippen LogP contribution >= 0.6 is 0 Å². The minimum atomic E-state index is -0.600. The van der Waals surface area contributed by atoms with Crippen molar-refractivity contribution in [3.8, 4) is 12.1 Å². The van der Waals surface area contributed by atoms with Crippen LogP contribution in [0.3, 0.4) is 0 Å². The number of anilines is 1. The first-order valence-electron chi connectivity index (χ1n) is 16.0. The lowest BCUT2D eigenvalue weighted by atomic mass is 9.80. The third-order valence-electron chi connectivity index (χ3n) is 9.31. The lowest BCUT2D eigenvalue weighted by Crippen LogP contribution is -2.56. The highest BCUT2D eigenvalue weighted by Gasteiger charge is 2.36. The Bertz CT molecular complexity index is 1540. The zero-order valence-electron chi connectivity index (χ0n) is 26.5. The summed E-state index contributed by atoms with van der Waals surface area (Å²) in [6.07, 6.45) is 4.82. The van der Waals surface area contributed by atoms with Crippen LogP contribution in [0.1, 0.15) is 69.2 Å². The Morgan fingerprint density at radius 3 is 2.64 bits per heavy atom. The summed E-state index contributed by atoms with van der Waals surface area (Å²) >= 11 is 0. The number of carbonyl (C=O) groups is 1. The number of hydrogen-bond donors (Lipinski definition) is 0. The number of amides is 1. The van der Waals surface area contributed by atoms with E-state index in [0.717, 1.165) is 49.3 Å². The zero-order valence-corrected chi connectivity index (χ0v) is 26.5. The first kappa shape index (κ1) is 30.1. The number of ether oxygens (including phenoxy) is 2. The molecule has 2 fully saturated rings. The maximum absolute atomic E-state index is 13.1. The van der Waals surface area contributed by atoms with Crippen LogP contribution in [-0.4, -0.2) is 83.4 Å². The molecule has 0 N–H and O–H groups in total. The number of fused-ring (bicyclic) bond motifs is 2. The monoisotopic (exact) mass is 596 g/mol. The Morgan fingerprint density at radius 2 is 1.86 bits per heavy atom. The summed E-state index contributed by atoms with van der Waals surface area (Å²) < 4.78 is 12.0. The Kier molecular flexibility index (Phi) is 8.64. The second-order valence-corrected chi connectivity index (χ2v) is 13.5. The molecule has 0 spiro atoms. The molecule has 3 atom stereocenters. The Labute approximate surface area is 260 Å². The molecular formula is C35H44N6O3. The summed E-state index contributed by atoms with van der Waals surface area (Å²) in [5.74, 6) is 1.23. The van der Waals surface area contributed by atoms with Crippen molar-refractivity contribution in [2.24, 2.45) is 0 Å². The number of benzene rings is 2.